The summed E-state index contributed by atoms with van der Waals surface area (Å²) >= 11 is 0. The van der Waals surface area contributed by atoms with Gasteiger partial charge in [-0.1, -0.05) is 13.8 Å². The molecule has 0 unspecified atom stereocenters. The molecule has 7 heteroatoms. The summed E-state index contributed by atoms with van der Waals surface area (Å²) in [7, 11) is 3.95. The maximum atomic E-state index is 10.2. The Morgan fingerprint density at radius 3 is 2.67 bits per heavy atom. The van der Waals surface area contributed by atoms with Gasteiger partial charge in [-0.3, -0.25) is 4.57 Å². The molecule has 0 aliphatic rings. The van der Waals surface area contributed by atoms with Crippen molar-refractivity contribution in [1.82, 2.24) is 24.4 Å². The van der Waals surface area contributed by atoms with Crippen LogP contribution in [0.2, 0.25) is 0 Å². The van der Waals surface area contributed by atoms with Gasteiger partial charge < -0.3 is 14.7 Å². The van der Waals surface area contributed by atoms with Crippen molar-refractivity contribution in [2.45, 2.75) is 19.8 Å². The number of hydrogen-bond acceptors (Lipinski definition) is 6. The molecule has 2 rings (SSSR count). The van der Waals surface area contributed by atoms with Gasteiger partial charge in [0.15, 0.2) is 0 Å². The van der Waals surface area contributed by atoms with E-state index in [1.165, 1.54) is 0 Å². The molecule has 0 amide bonds. The number of aromatic nitrogens is 4. The lowest BCUT2D eigenvalue weighted by atomic mass is 10.1. The minimum absolute atomic E-state index is 0.0523. The molecule has 1 N–H and O–H groups in total. The quantitative estimate of drug-likeness (QED) is 0.867. The number of nitrogens with zero attached hydrogens (tertiary/aromatic N) is 5. The fourth-order valence-corrected chi connectivity index (χ4v) is 1.86. The first-order valence-corrected chi connectivity index (χ1v) is 6.85. The Bertz CT molecular complexity index is 581. The van der Waals surface area contributed by atoms with E-state index in [2.05, 4.69) is 15.0 Å². The highest BCUT2D eigenvalue weighted by Gasteiger charge is 2.19. The van der Waals surface area contributed by atoms with Crippen molar-refractivity contribution in [3.05, 3.63) is 24.3 Å². The van der Waals surface area contributed by atoms with E-state index in [-0.39, 0.29) is 11.8 Å². The lowest BCUT2D eigenvalue weighted by Crippen LogP contribution is -2.20. The standard InChI is InChI=1S/C14H21N5O2/c1-10(2)11-12(20)16-14(19-6-5-15-9-19)17-13(11)21-8-7-18(3)4/h5-6,9-10H,7-8H2,1-4H3,(H,16,17,20). The van der Waals surface area contributed by atoms with Crippen LogP contribution in [0.5, 0.6) is 11.8 Å². The summed E-state index contributed by atoms with van der Waals surface area (Å²) in [5, 5.41) is 10.2. The molecule has 7 nitrogen and oxygen atoms in total. The first kappa shape index (κ1) is 15.2. The molecule has 21 heavy (non-hydrogen) atoms. The van der Waals surface area contributed by atoms with Crippen molar-refractivity contribution in [2.75, 3.05) is 27.2 Å². The van der Waals surface area contributed by atoms with Crippen LogP contribution in [0.15, 0.2) is 18.7 Å². The molecule has 0 radical (unpaired) electrons. The van der Waals surface area contributed by atoms with Gasteiger partial charge in [0.1, 0.15) is 12.9 Å². The van der Waals surface area contributed by atoms with Crippen LogP contribution in [0.3, 0.4) is 0 Å². The first-order chi connectivity index (χ1) is 9.99. The smallest absolute Gasteiger partial charge is 0.241 e. The van der Waals surface area contributed by atoms with E-state index < -0.39 is 0 Å². The lowest BCUT2D eigenvalue weighted by molar-refractivity contribution is 0.248. The predicted octanol–water partition coefficient (Wildman–Crippen LogP) is 1.43. The molecule has 2 aromatic rings. The molecule has 0 bridgehead atoms. The SMILES string of the molecule is CC(C)c1c(O)nc(-n2ccnc2)nc1OCCN(C)C. The van der Waals surface area contributed by atoms with Crippen LogP contribution in [-0.2, 0) is 0 Å². The topological polar surface area (TPSA) is 76.3 Å². The van der Waals surface area contributed by atoms with E-state index in [9.17, 15) is 5.11 Å². The van der Waals surface area contributed by atoms with E-state index in [0.29, 0.717) is 24.0 Å². The fourth-order valence-electron chi connectivity index (χ4n) is 1.86. The Hall–Kier alpha value is -2.15. The molecule has 0 aliphatic heterocycles. The van der Waals surface area contributed by atoms with Crippen LogP contribution in [0.25, 0.3) is 5.95 Å². The maximum absolute atomic E-state index is 10.2. The highest BCUT2D eigenvalue weighted by atomic mass is 16.5. The number of rotatable bonds is 6. The average Bonchev–Trinajstić information content (AvgIpc) is 2.90. The van der Waals surface area contributed by atoms with Crippen LogP contribution < -0.4 is 4.74 Å². The fraction of sp³-hybridized carbons (Fsp3) is 0.500. The Balaban J connectivity index is 2.34. The first-order valence-electron chi connectivity index (χ1n) is 6.85. The van der Waals surface area contributed by atoms with Gasteiger partial charge in [0.25, 0.3) is 0 Å². The molecule has 114 valence electrons. The number of likely N-dealkylation sites (N-methyl/N-ethyl adjacent to an activating group) is 1. The highest BCUT2D eigenvalue weighted by molar-refractivity contribution is 5.40. The van der Waals surface area contributed by atoms with Gasteiger partial charge in [-0.2, -0.15) is 9.97 Å². The minimum atomic E-state index is -0.0523. The lowest BCUT2D eigenvalue weighted by Gasteiger charge is -2.16. The van der Waals surface area contributed by atoms with Crippen molar-refractivity contribution in [3.63, 3.8) is 0 Å². The van der Waals surface area contributed by atoms with Gasteiger partial charge in [-0.05, 0) is 20.0 Å². The molecular formula is C14H21N5O2. The van der Waals surface area contributed by atoms with Crippen molar-refractivity contribution < 1.29 is 9.84 Å². The second-order valence-corrected chi connectivity index (χ2v) is 5.34. The summed E-state index contributed by atoms with van der Waals surface area (Å²) in [5.74, 6) is 0.775. The zero-order valence-electron chi connectivity index (χ0n) is 12.8. The van der Waals surface area contributed by atoms with E-state index in [1.54, 1.807) is 23.3 Å². The van der Waals surface area contributed by atoms with Gasteiger partial charge in [0.05, 0.1) is 5.56 Å². The van der Waals surface area contributed by atoms with E-state index in [1.807, 2.05) is 32.8 Å². The Morgan fingerprint density at radius 2 is 2.10 bits per heavy atom. The summed E-state index contributed by atoms with van der Waals surface area (Å²) in [6, 6.07) is 0. The summed E-state index contributed by atoms with van der Waals surface area (Å²) in [5.41, 5.74) is 0.623. The van der Waals surface area contributed by atoms with Gasteiger partial charge in [-0.25, -0.2) is 4.98 Å². The summed E-state index contributed by atoms with van der Waals surface area (Å²) in [6.45, 7) is 5.19. The largest absolute Gasteiger partial charge is 0.493 e. The molecule has 2 heterocycles. The molecule has 0 spiro atoms. The second-order valence-electron chi connectivity index (χ2n) is 5.34. The third-order valence-corrected chi connectivity index (χ3v) is 2.97. The van der Waals surface area contributed by atoms with Crippen LogP contribution in [0.4, 0.5) is 0 Å². The third-order valence-electron chi connectivity index (χ3n) is 2.97. The summed E-state index contributed by atoms with van der Waals surface area (Å²) in [4.78, 5) is 14.5. The molecular weight excluding hydrogens is 270 g/mol. The van der Waals surface area contributed by atoms with Gasteiger partial charge in [0.2, 0.25) is 17.7 Å². The molecule has 0 fully saturated rings. The summed E-state index contributed by atoms with van der Waals surface area (Å²) < 4.78 is 7.37. The van der Waals surface area contributed by atoms with Crippen LogP contribution >= 0.6 is 0 Å². The van der Waals surface area contributed by atoms with E-state index in [4.69, 9.17) is 4.74 Å². The molecule has 0 aliphatic carbocycles. The number of imidazole rings is 1. The van der Waals surface area contributed by atoms with Crippen molar-refractivity contribution >= 4 is 0 Å². The average molecular weight is 291 g/mol. The summed E-state index contributed by atoms with van der Waals surface area (Å²) in [6.07, 6.45) is 4.92. The van der Waals surface area contributed by atoms with Crippen molar-refractivity contribution in [3.8, 4) is 17.7 Å². The molecule has 2 aromatic heterocycles. The van der Waals surface area contributed by atoms with Crippen LogP contribution in [0, 0.1) is 0 Å². The Labute approximate surface area is 124 Å². The molecule has 0 saturated heterocycles. The number of hydrogen-bond donors (Lipinski definition) is 1. The van der Waals surface area contributed by atoms with Gasteiger partial charge in [-0.15, -0.1) is 0 Å². The Morgan fingerprint density at radius 1 is 1.33 bits per heavy atom. The van der Waals surface area contributed by atoms with Gasteiger partial charge in [0, 0.05) is 18.9 Å². The van der Waals surface area contributed by atoms with E-state index >= 15 is 0 Å². The van der Waals surface area contributed by atoms with E-state index in [0.717, 1.165) is 6.54 Å². The maximum Gasteiger partial charge on any atom is 0.241 e. The second kappa shape index (κ2) is 6.53. The normalized spacial score (nSPS) is 11.3. The van der Waals surface area contributed by atoms with Crippen molar-refractivity contribution in [2.24, 2.45) is 0 Å². The molecule has 0 saturated carbocycles. The number of aromatic hydroxyl groups is 1. The Kier molecular flexibility index (Phi) is 4.74. The third kappa shape index (κ3) is 3.69. The van der Waals surface area contributed by atoms with Gasteiger partial charge >= 0.3 is 0 Å². The van der Waals surface area contributed by atoms with Crippen LogP contribution in [0.1, 0.15) is 25.3 Å². The van der Waals surface area contributed by atoms with Crippen LogP contribution in [-0.4, -0.2) is 56.8 Å². The van der Waals surface area contributed by atoms with Crippen molar-refractivity contribution in [1.29, 1.82) is 0 Å². The highest BCUT2D eigenvalue weighted by Crippen LogP contribution is 2.32. The number of ether oxygens (including phenoxy) is 1. The minimum Gasteiger partial charge on any atom is -0.493 e. The molecule has 0 atom stereocenters. The predicted molar refractivity (Wildman–Crippen MR) is 79.0 cm³/mol. The molecule has 0 aromatic carbocycles. The zero-order chi connectivity index (χ0) is 15.4. The monoisotopic (exact) mass is 291 g/mol. The zero-order valence-corrected chi connectivity index (χ0v) is 12.8.